The minimum absolute atomic E-state index is 0.257. The number of aromatic nitrogens is 3. The number of carbonyl (C=O) groups is 1. The van der Waals surface area contributed by atoms with Gasteiger partial charge in [0.25, 0.3) is 10.0 Å². The van der Waals surface area contributed by atoms with Gasteiger partial charge in [0.05, 0.1) is 11.9 Å². The second-order valence-corrected chi connectivity index (χ2v) is 7.32. The van der Waals surface area contributed by atoms with E-state index in [1.54, 1.807) is 0 Å². The molecule has 0 saturated carbocycles. The maximum Gasteiger partial charge on any atom is 0.340 e. The van der Waals surface area contributed by atoms with Gasteiger partial charge in [0, 0.05) is 4.88 Å². The third kappa shape index (κ3) is 2.63. The molecule has 1 aliphatic rings. The van der Waals surface area contributed by atoms with Crippen molar-refractivity contribution >= 4 is 32.5 Å². The van der Waals surface area contributed by atoms with E-state index in [9.17, 15) is 13.2 Å². The van der Waals surface area contributed by atoms with Crippen molar-refractivity contribution in [1.82, 2.24) is 15.2 Å². The van der Waals surface area contributed by atoms with E-state index < -0.39 is 26.6 Å². The first-order valence-corrected chi connectivity index (χ1v) is 8.55. The summed E-state index contributed by atoms with van der Waals surface area (Å²) >= 11 is 1.29. The SMILES string of the molecule is O=C(O)c1cn[nH]c1S(=O)(=O)Nc1nc2c(s1)CCCC2. The number of hydrogen-bond donors (Lipinski definition) is 3. The summed E-state index contributed by atoms with van der Waals surface area (Å²) in [7, 11) is -4.05. The number of carboxylic acid groups (broad SMARTS) is 1. The van der Waals surface area contributed by atoms with Crippen LogP contribution in [0.25, 0.3) is 0 Å². The Labute approximate surface area is 124 Å². The molecule has 0 unspecified atom stereocenters. The van der Waals surface area contributed by atoms with Gasteiger partial charge in [0.1, 0.15) is 5.56 Å². The molecular formula is C11H12N4O4S2. The van der Waals surface area contributed by atoms with E-state index in [1.165, 1.54) is 11.3 Å². The van der Waals surface area contributed by atoms with Crippen molar-refractivity contribution in [2.24, 2.45) is 0 Å². The molecule has 3 rings (SSSR count). The Kier molecular flexibility index (Phi) is 3.41. The van der Waals surface area contributed by atoms with Crippen molar-refractivity contribution < 1.29 is 18.3 Å². The molecule has 2 aromatic heterocycles. The number of nitrogens with one attached hydrogen (secondary N) is 2. The molecule has 2 aromatic rings. The van der Waals surface area contributed by atoms with Crippen LogP contribution in [-0.2, 0) is 22.9 Å². The molecule has 10 heteroatoms. The summed E-state index contributed by atoms with van der Waals surface area (Å²) in [5.74, 6) is -1.36. The highest BCUT2D eigenvalue weighted by atomic mass is 32.2. The first kappa shape index (κ1) is 14.0. The van der Waals surface area contributed by atoms with Crippen molar-refractivity contribution in [2.45, 2.75) is 30.7 Å². The highest BCUT2D eigenvalue weighted by Gasteiger charge is 2.26. The number of rotatable bonds is 4. The van der Waals surface area contributed by atoms with Crippen molar-refractivity contribution in [3.05, 3.63) is 22.3 Å². The highest BCUT2D eigenvalue weighted by molar-refractivity contribution is 7.92. The lowest BCUT2D eigenvalue weighted by molar-refractivity contribution is 0.0692. The maximum absolute atomic E-state index is 12.2. The monoisotopic (exact) mass is 328 g/mol. The van der Waals surface area contributed by atoms with Crippen LogP contribution in [0.15, 0.2) is 11.2 Å². The molecule has 1 aliphatic carbocycles. The van der Waals surface area contributed by atoms with Gasteiger partial charge >= 0.3 is 5.97 Å². The number of H-pyrrole nitrogens is 1. The van der Waals surface area contributed by atoms with Crippen LogP contribution in [0.4, 0.5) is 5.13 Å². The molecule has 0 aromatic carbocycles. The van der Waals surface area contributed by atoms with Crippen molar-refractivity contribution in [3.63, 3.8) is 0 Å². The van der Waals surface area contributed by atoms with Crippen molar-refractivity contribution in [3.8, 4) is 0 Å². The number of thiazole rings is 1. The molecule has 0 radical (unpaired) electrons. The molecule has 112 valence electrons. The van der Waals surface area contributed by atoms with Gasteiger partial charge < -0.3 is 5.11 Å². The van der Waals surface area contributed by atoms with E-state index in [4.69, 9.17) is 5.11 Å². The molecule has 0 aliphatic heterocycles. The van der Waals surface area contributed by atoms with E-state index in [1.807, 2.05) is 0 Å². The summed E-state index contributed by atoms with van der Waals surface area (Å²) < 4.78 is 26.8. The Bertz CT molecular complexity index is 770. The summed E-state index contributed by atoms with van der Waals surface area (Å²) in [6.07, 6.45) is 4.83. The van der Waals surface area contributed by atoms with Crippen molar-refractivity contribution in [1.29, 1.82) is 0 Å². The number of aryl methyl sites for hydroxylation is 2. The molecule has 0 atom stereocenters. The van der Waals surface area contributed by atoms with Crippen LogP contribution in [0.5, 0.6) is 0 Å². The topological polar surface area (TPSA) is 125 Å². The Balaban J connectivity index is 1.91. The second kappa shape index (κ2) is 5.11. The van der Waals surface area contributed by atoms with E-state index in [0.29, 0.717) is 0 Å². The van der Waals surface area contributed by atoms with Gasteiger partial charge in [-0.1, -0.05) is 0 Å². The maximum atomic E-state index is 12.2. The fourth-order valence-electron chi connectivity index (χ4n) is 2.19. The van der Waals surface area contributed by atoms with Gasteiger partial charge in [0.15, 0.2) is 10.2 Å². The van der Waals surface area contributed by atoms with Gasteiger partial charge in [-0.05, 0) is 25.7 Å². The zero-order valence-electron chi connectivity index (χ0n) is 10.8. The minimum Gasteiger partial charge on any atom is -0.478 e. The number of aromatic carboxylic acids is 1. The van der Waals surface area contributed by atoms with Crippen LogP contribution in [0.1, 0.15) is 33.8 Å². The average molecular weight is 328 g/mol. The lowest BCUT2D eigenvalue weighted by atomic mass is 10.0. The summed E-state index contributed by atoms with van der Waals surface area (Å²) in [6.45, 7) is 0. The van der Waals surface area contributed by atoms with Gasteiger partial charge in [-0.2, -0.15) is 13.5 Å². The van der Waals surface area contributed by atoms with Gasteiger partial charge in [-0.15, -0.1) is 11.3 Å². The Hall–Kier alpha value is -1.94. The van der Waals surface area contributed by atoms with Crippen LogP contribution >= 0.6 is 11.3 Å². The lowest BCUT2D eigenvalue weighted by Crippen LogP contribution is -2.16. The molecule has 0 amide bonds. The third-order valence-electron chi connectivity index (χ3n) is 3.17. The summed E-state index contributed by atoms with van der Waals surface area (Å²) in [4.78, 5) is 16.3. The predicted molar refractivity (Wildman–Crippen MR) is 75.1 cm³/mol. The lowest BCUT2D eigenvalue weighted by Gasteiger charge is -2.06. The fraction of sp³-hybridized carbons (Fsp3) is 0.364. The summed E-state index contributed by atoms with van der Waals surface area (Å²) in [6, 6.07) is 0. The number of nitrogens with zero attached hydrogens (tertiary/aromatic N) is 2. The molecule has 2 heterocycles. The van der Waals surface area contributed by atoms with Crippen LogP contribution < -0.4 is 4.72 Å². The molecule has 0 bridgehead atoms. The summed E-state index contributed by atoms with van der Waals surface area (Å²) in [5.41, 5.74) is 0.524. The van der Waals surface area contributed by atoms with Crippen LogP contribution in [-0.4, -0.2) is 34.7 Å². The van der Waals surface area contributed by atoms with Gasteiger partial charge in [0.2, 0.25) is 0 Å². The number of aromatic amines is 1. The standard InChI is InChI=1S/C11H12N4O4S2/c16-10(17)6-5-12-14-9(6)21(18,19)15-11-13-7-3-1-2-4-8(7)20-11/h5H,1-4H2,(H,12,14)(H,13,15)(H,16,17). The molecule has 0 fully saturated rings. The minimum atomic E-state index is -4.05. The number of carboxylic acids is 1. The molecule has 8 nitrogen and oxygen atoms in total. The molecule has 0 saturated heterocycles. The number of sulfonamides is 1. The number of anilines is 1. The fourth-order valence-corrected chi connectivity index (χ4v) is 4.57. The Morgan fingerprint density at radius 3 is 2.86 bits per heavy atom. The van der Waals surface area contributed by atoms with Crippen LogP contribution in [0.3, 0.4) is 0 Å². The predicted octanol–water partition coefficient (Wildman–Crippen LogP) is 1.24. The quantitative estimate of drug-likeness (QED) is 0.775. The number of hydrogen-bond acceptors (Lipinski definition) is 6. The normalized spacial score (nSPS) is 14.7. The van der Waals surface area contributed by atoms with Crippen LogP contribution in [0.2, 0.25) is 0 Å². The second-order valence-electron chi connectivity index (χ2n) is 4.62. The van der Waals surface area contributed by atoms with Crippen molar-refractivity contribution in [2.75, 3.05) is 4.72 Å². The highest BCUT2D eigenvalue weighted by Crippen LogP contribution is 2.30. The Morgan fingerprint density at radius 2 is 2.14 bits per heavy atom. The average Bonchev–Trinajstić information content (AvgIpc) is 3.04. The molecular weight excluding hydrogens is 316 g/mol. The molecule has 3 N–H and O–H groups in total. The van der Waals surface area contributed by atoms with E-state index in [0.717, 1.165) is 42.5 Å². The first-order chi connectivity index (χ1) is 9.97. The first-order valence-electron chi connectivity index (χ1n) is 6.25. The third-order valence-corrected chi connectivity index (χ3v) is 5.68. The van der Waals surface area contributed by atoms with Gasteiger partial charge in [-0.3, -0.25) is 9.82 Å². The molecule has 0 spiro atoms. The van der Waals surface area contributed by atoms with E-state index in [-0.39, 0.29) is 5.13 Å². The smallest absolute Gasteiger partial charge is 0.340 e. The largest absolute Gasteiger partial charge is 0.478 e. The van der Waals surface area contributed by atoms with Crippen LogP contribution in [0, 0.1) is 0 Å². The molecule has 21 heavy (non-hydrogen) atoms. The van der Waals surface area contributed by atoms with E-state index in [2.05, 4.69) is 19.9 Å². The number of fused-ring (bicyclic) bond motifs is 1. The summed E-state index contributed by atoms with van der Waals surface area (Å²) in [5, 5.41) is 14.4. The zero-order valence-corrected chi connectivity index (χ0v) is 12.4. The Morgan fingerprint density at radius 1 is 1.38 bits per heavy atom. The van der Waals surface area contributed by atoms with Gasteiger partial charge in [-0.25, -0.2) is 9.78 Å². The zero-order chi connectivity index (χ0) is 15.0. The van der Waals surface area contributed by atoms with E-state index >= 15 is 0 Å².